The van der Waals surface area contributed by atoms with E-state index >= 15 is 0 Å². The summed E-state index contributed by atoms with van der Waals surface area (Å²) in [7, 11) is 0. The minimum Gasteiger partial charge on any atom is -0.207 e. The first kappa shape index (κ1) is 7.73. The van der Waals surface area contributed by atoms with Gasteiger partial charge in [0.1, 0.15) is 5.82 Å². The van der Waals surface area contributed by atoms with Crippen molar-refractivity contribution in [3.8, 4) is 0 Å². The fourth-order valence-electron chi connectivity index (χ4n) is 0.789. The van der Waals surface area contributed by atoms with Crippen molar-refractivity contribution in [1.29, 1.82) is 0 Å². The molecule has 0 nitrogen and oxygen atoms in total. The van der Waals surface area contributed by atoms with Crippen LogP contribution in [0.1, 0.15) is 5.56 Å². The molecule has 0 N–H and O–H groups in total. The van der Waals surface area contributed by atoms with Gasteiger partial charge < -0.3 is 0 Å². The van der Waals surface area contributed by atoms with E-state index in [-0.39, 0.29) is 5.82 Å². The Balaban J connectivity index is 2.87. The smallest absolute Gasteiger partial charge is 0.123 e. The van der Waals surface area contributed by atoms with Crippen LogP contribution in [-0.2, 0) is 0 Å². The van der Waals surface area contributed by atoms with Gasteiger partial charge in [0, 0.05) is 0 Å². The summed E-state index contributed by atoms with van der Waals surface area (Å²) >= 11 is 0. The van der Waals surface area contributed by atoms with Crippen LogP contribution in [0.2, 0.25) is 0 Å². The molecular formula is C10H9F. The maximum absolute atomic E-state index is 12.5. The van der Waals surface area contributed by atoms with E-state index in [4.69, 9.17) is 0 Å². The maximum atomic E-state index is 12.5. The van der Waals surface area contributed by atoms with Crippen LogP contribution in [-0.4, -0.2) is 0 Å². The molecule has 1 heteroatoms. The molecule has 0 saturated carbocycles. The molecule has 1 rings (SSSR count). The lowest BCUT2D eigenvalue weighted by atomic mass is 10.2. The van der Waals surface area contributed by atoms with Crippen LogP contribution >= 0.6 is 0 Å². The van der Waals surface area contributed by atoms with Gasteiger partial charge in [0.15, 0.2) is 0 Å². The van der Waals surface area contributed by atoms with Gasteiger partial charge in [-0.3, -0.25) is 0 Å². The number of allylic oxidation sites excluding steroid dienone is 2. The zero-order valence-electron chi connectivity index (χ0n) is 6.13. The van der Waals surface area contributed by atoms with Crippen LogP contribution in [0.15, 0.2) is 43.0 Å². The largest absolute Gasteiger partial charge is 0.207 e. The molecular weight excluding hydrogens is 139 g/mol. The van der Waals surface area contributed by atoms with Crippen molar-refractivity contribution in [2.24, 2.45) is 0 Å². The lowest BCUT2D eigenvalue weighted by Gasteiger charge is -1.90. The highest BCUT2D eigenvalue weighted by molar-refractivity contribution is 5.50. The van der Waals surface area contributed by atoms with E-state index in [0.717, 1.165) is 5.56 Å². The average molecular weight is 148 g/mol. The third kappa shape index (κ3) is 2.38. The van der Waals surface area contributed by atoms with E-state index in [1.165, 1.54) is 12.1 Å². The van der Waals surface area contributed by atoms with Gasteiger partial charge in [0.25, 0.3) is 0 Å². The molecule has 56 valence electrons. The number of halogens is 1. The standard InChI is InChI=1S/C10H9F/c1-2-3-5-9-6-4-7-10(11)8-9/h2-8H,1H2/b5-3-. The fraction of sp³-hybridized carbons (Fsp3) is 0. The molecule has 0 fully saturated rings. The second-order valence-corrected chi connectivity index (χ2v) is 2.15. The Morgan fingerprint density at radius 3 is 2.82 bits per heavy atom. The third-order valence-electron chi connectivity index (χ3n) is 1.27. The molecule has 11 heavy (non-hydrogen) atoms. The van der Waals surface area contributed by atoms with Gasteiger partial charge in [-0.05, 0) is 17.7 Å². The van der Waals surface area contributed by atoms with Crippen LogP contribution < -0.4 is 0 Å². The molecule has 0 aliphatic heterocycles. The lowest BCUT2D eigenvalue weighted by molar-refractivity contribution is 0.627. The highest BCUT2D eigenvalue weighted by atomic mass is 19.1. The highest BCUT2D eigenvalue weighted by Crippen LogP contribution is 2.04. The molecule has 0 aliphatic carbocycles. The Morgan fingerprint density at radius 2 is 2.18 bits per heavy atom. The normalized spacial score (nSPS) is 10.3. The summed E-state index contributed by atoms with van der Waals surface area (Å²) < 4.78 is 12.5. The summed E-state index contributed by atoms with van der Waals surface area (Å²) in [5, 5.41) is 0. The molecule has 0 heterocycles. The van der Waals surface area contributed by atoms with Gasteiger partial charge in [-0.1, -0.05) is 36.9 Å². The summed E-state index contributed by atoms with van der Waals surface area (Å²) in [4.78, 5) is 0. The van der Waals surface area contributed by atoms with Gasteiger partial charge >= 0.3 is 0 Å². The molecule has 1 aromatic carbocycles. The van der Waals surface area contributed by atoms with Gasteiger partial charge in [-0.15, -0.1) is 0 Å². The zero-order valence-corrected chi connectivity index (χ0v) is 6.13. The summed E-state index contributed by atoms with van der Waals surface area (Å²) in [6.45, 7) is 3.52. The quantitative estimate of drug-likeness (QED) is 0.565. The minimum atomic E-state index is -0.212. The molecule has 0 saturated heterocycles. The van der Waals surface area contributed by atoms with E-state index < -0.39 is 0 Å². The summed E-state index contributed by atoms with van der Waals surface area (Å²) in [6.07, 6.45) is 5.23. The van der Waals surface area contributed by atoms with Gasteiger partial charge in [-0.2, -0.15) is 0 Å². The van der Waals surface area contributed by atoms with E-state index in [1.807, 2.05) is 6.07 Å². The first-order chi connectivity index (χ1) is 5.33. The van der Waals surface area contributed by atoms with Crippen molar-refractivity contribution in [2.75, 3.05) is 0 Å². The van der Waals surface area contributed by atoms with Crippen molar-refractivity contribution in [2.45, 2.75) is 0 Å². The lowest BCUT2D eigenvalue weighted by Crippen LogP contribution is -1.74. The molecule has 0 amide bonds. The fourth-order valence-corrected chi connectivity index (χ4v) is 0.789. The molecule has 0 radical (unpaired) electrons. The van der Waals surface area contributed by atoms with Crippen LogP contribution in [0.25, 0.3) is 6.08 Å². The predicted octanol–water partition coefficient (Wildman–Crippen LogP) is 3.02. The van der Waals surface area contributed by atoms with Crippen LogP contribution in [0, 0.1) is 5.82 Å². The molecule has 1 aromatic rings. The van der Waals surface area contributed by atoms with E-state index in [2.05, 4.69) is 6.58 Å². The number of rotatable bonds is 2. The Morgan fingerprint density at radius 1 is 1.36 bits per heavy atom. The zero-order chi connectivity index (χ0) is 8.10. The minimum absolute atomic E-state index is 0.212. The molecule has 0 bridgehead atoms. The Kier molecular flexibility index (Phi) is 2.61. The first-order valence-electron chi connectivity index (χ1n) is 3.37. The average Bonchev–Trinajstić information content (AvgIpc) is 2.01. The van der Waals surface area contributed by atoms with E-state index in [9.17, 15) is 4.39 Å². The maximum Gasteiger partial charge on any atom is 0.123 e. The van der Waals surface area contributed by atoms with Crippen molar-refractivity contribution in [3.63, 3.8) is 0 Å². The molecule has 0 unspecified atom stereocenters. The van der Waals surface area contributed by atoms with Crippen molar-refractivity contribution >= 4 is 6.08 Å². The van der Waals surface area contributed by atoms with Crippen LogP contribution in [0.4, 0.5) is 4.39 Å². The summed E-state index contributed by atoms with van der Waals surface area (Å²) in [5.41, 5.74) is 0.852. The monoisotopic (exact) mass is 148 g/mol. The van der Waals surface area contributed by atoms with E-state index in [0.29, 0.717) is 0 Å². The molecule has 0 atom stereocenters. The Bertz CT molecular complexity index is 274. The second-order valence-electron chi connectivity index (χ2n) is 2.15. The Labute approximate surface area is 65.7 Å². The number of hydrogen-bond acceptors (Lipinski definition) is 0. The van der Waals surface area contributed by atoms with Crippen molar-refractivity contribution < 1.29 is 4.39 Å². The number of hydrogen-bond donors (Lipinski definition) is 0. The molecule has 0 aromatic heterocycles. The van der Waals surface area contributed by atoms with Gasteiger partial charge in [0.2, 0.25) is 0 Å². The third-order valence-corrected chi connectivity index (χ3v) is 1.27. The van der Waals surface area contributed by atoms with Gasteiger partial charge in [-0.25, -0.2) is 4.39 Å². The summed E-state index contributed by atoms with van der Waals surface area (Å²) in [6, 6.07) is 6.41. The van der Waals surface area contributed by atoms with Crippen LogP contribution in [0.3, 0.4) is 0 Å². The molecule has 0 spiro atoms. The first-order valence-corrected chi connectivity index (χ1v) is 3.37. The van der Waals surface area contributed by atoms with Crippen molar-refractivity contribution in [3.05, 3.63) is 54.4 Å². The van der Waals surface area contributed by atoms with E-state index in [1.54, 1.807) is 24.3 Å². The molecule has 0 aliphatic rings. The topological polar surface area (TPSA) is 0 Å². The van der Waals surface area contributed by atoms with Crippen LogP contribution in [0.5, 0.6) is 0 Å². The van der Waals surface area contributed by atoms with Gasteiger partial charge in [0.05, 0.1) is 0 Å². The highest BCUT2D eigenvalue weighted by Gasteiger charge is 1.87. The Hall–Kier alpha value is -1.37. The SMILES string of the molecule is C=C/C=C\c1cccc(F)c1. The number of benzene rings is 1. The summed E-state index contributed by atoms with van der Waals surface area (Å²) in [5.74, 6) is -0.212. The second kappa shape index (κ2) is 3.71. The van der Waals surface area contributed by atoms with Crippen molar-refractivity contribution in [1.82, 2.24) is 0 Å². The predicted molar refractivity (Wildman–Crippen MR) is 45.6 cm³/mol.